The Balaban J connectivity index is 2.71. The van der Waals surface area contributed by atoms with E-state index in [1.165, 1.54) is 24.1 Å². The number of hydrogen-bond donors (Lipinski definition) is 0. The van der Waals surface area contributed by atoms with E-state index in [0.29, 0.717) is 0 Å². The molecular formula is C12H19N. The summed E-state index contributed by atoms with van der Waals surface area (Å²) in [7, 11) is 2.16. The Labute approximate surface area is 81.4 Å². The molecule has 0 unspecified atom stereocenters. The maximum Gasteiger partial charge on any atom is 0.0166 e. The Morgan fingerprint density at radius 3 is 2.69 bits per heavy atom. The van der Waals surface area contributed by atoms with Crippen molar-refractivity contribution in [3.8, 4) is 0 Å². The van der Waals surface area contributed by atoms with Crippen LogP contribution in [0.2, 0.25) is 0 Å². The second kappa shape index (κ2) is 5.03. The summed E-state index contributed by atoms with van der Waals surface area (Å²) in [6.07, 6.45) is 10.0. The molecule has 13 heavy (non-hydrogen) atoms. The monoisotopic (exact) mass is 177 g/mol. The van der Waals surface area contributed by atoms with Gasteiger partial charge in [-0.15, -0.1) is 0 Å². The first-order valence-electron chi connectivity index (χ1n) is 4.95. The van der Waals surface area contributed by atoms with E-state index in [4.69, 9.17) is 0 Å². The van der Waals surface area contributed by atoms with Crippen LogP contribution in [0.1, 0.15) is 20.3 Å². The average molecular weight is 177 g/mol. The molecule has 0 atom stereocenters. The first-order valence-corrected chi connectivity index (χ1v) is 4.95. The molecule has 1 heterocycles. The fourth-order valence-corrected chi connectivity index (χ4v) is 1.60. The van der Waals surface area contributed by atoms with Gasteiger partial charge in [-0.25, -0.2) is 0 Å². The van der Waals surface area contributed by atoms with E-state index in [9.17, 15) is 0 Å². The molecule has 0 N–H and O–H groups in total. The molecule has 0 aromatic heterocycles. The molecule has 0 aliphatic carbocycles. The Kier molecular flexibility index (Phi) is 3.97. The normalized spacial score (nSPS) is 20.8. The largest absolute Gasteiger partial charge is 0.302 e. The highest BCUT2D eigenvalue weighted by molar-refractivity contribution is 5.40. The van der Waals surface area contributed by atoms with Crippen molar-refractivity contribution in [2.75, 3.05) is 20.1 Å². The third-order valence-electron chi connectivity index (χ3n) is 2.44. The van der Waals surface area contributed by atoms with Gasteiger partial charge in [-0.1, -0.05) is 24.3 Å². The van der Waals surface area contributed by atoms with Crippen LogP contribution < -0.4 is 0 Å². The summed E-state index contributed by atoms with van der Waals surface area (Å²) in [5.41, 5.74) is 2.88. The highest BCUT2D eigenvalue weighted by atomic mass is 15.1. The first kappa shape index (κ1) is 10.3. The molecule has 0 spiro atoms. The van der Waals surface area contributed by atoms with Crippen molar-refractivity contribution in [1.29, 1.82) is 0 Å². The maximum absolute atomic E-state index is 2.34. The lowest BCUT2D eigenvalue weighted by Crippen LogP contribution is -2.24. The third-order valence-corrected chi connectivity index (χ3v) is 2.44. The van der Waals surface area contributed by atoms with E-state index in [1.807, 2.05) is 0 Å². The van der Waals surface area contributed by atoms with E-state index in [1.54, 1.807) is 0 Å². The SMILES string of the molecule is C/C=C\C(=C/C)C1=CCN(C)CC1. The molecule has 0 saturated carbocycles. The fourth-order valence-electron chi connectivity index (χ4n) is 1.60. The zero-order chi connectivity index (χ0) is 9.68. The summed E-state index contributed by atoms with van der Waals surface area (Å²) < 4.78 is 0. The quantitative estimate of drug-likeness (QED) is 0.586. The number of nitrogens with zero attached hydrogens (tertiary/aromatic N) is 1. The molecule has 0 amide bonds. The predicted octanol–water partition coefficient (Wildman–Crippen LogP) is 2.77. The van der Waals surface area contributed by atoms with Gasteiger partial charge in [0.15, 0.2) is 0 Å². The van der Waals surface area contributed by atoms with Crippen molar-refractivity contribution in [2.45, 2.75) is 20.3 Å². The zero-order valence-electron chi connectivity index (χ0n) is 8.88. The molecule has 0 saturated heterocycles. The van der Waals surface area contributed by atoms with E-state index in [0.717, 1.165) is 6.54 Å². The van der Waals surface area contributed by atoms with E-state index < -0.39 is 0 Å². The molecule has 1 aliphatic heterocycles. The van der Waals surface area contributed by atoms with Crippen molar-refractivity contribution in [3.63, 3.8) is 0 Å². The van der Waals surface area contributed by atoms with Crippen LogP contribution in [0, 0.1) is 0 Å². The molecular weight excluding hydrogens is 158 g/mol. The van der Waals surface area contributed by atoms with E-state index in [2.05, 4.69) is 50.1 Å². The lowest BCUT2D eigenvalue weighted by atomic mass is 9.99. The van der Waals surface area contributed by atoms with Crippen LogP contribution in [0.15, 0.2) is 35.5 Å². The summed E-state index contributed by atoms with van der Waals surface area (Å²) in [5.74, 6) is 0. The highest BCUT2D eigenvalue weighted by Crippen LogP contribution is 2.19. The van der Waals surface area contributed by atoms with Crippen LogP contribution in [0.3, 0.4) is 0 Å². The van der Waals surface area contributed by atoms with Gasteiger partial charge in [-0.05, 0) is 38.5 Å². The van der Waals surface area contributed by atoms with Crippen LogP contribution >= 0.6 is 0 Å². The van der Waals surface area contributed by atoms with Gasteiger partial charge in [-0.2, -0.15) is 0 Å². The summed E-state index contributed by atoms with van der Waals surface area (Å²) in [5, 5.41) is 0. The molecule has 0 aromatic carbocycles. The lowest BCUT2D eigenvalue weighted by Gasteiger charge is -2.22. The van der Waals surface area contributed by atoms with Crippen LogP contribution in [0.25, 0.3) is 0 Å². The molecule has 0 bridgehead atoms. The molecule has 0 fully saturated rings. The van der Waals surface area contributed by atoms with Crippen molar-refractivity contribution < 1.29 is 0 Å². The summed E-state index contributed by atoms with van der Waals surface area (Å²) in [6.45, 7) is 6.44. The zero-order valence-corrected chi connectivity index (χ0v) is 8.88. The van der Waals surface area contributed by atoms with Gasteiger partial charge in [0.05, 0.1) is 0 Å². The van der Waals surface area contributed by atoms with Crippen molar-refractivity contribution in [1.82, 2.24) is 4.90 Å². The van der Waals surface area contributed by atoms with Crippen molar-refractivity contribution in [3.05, 3.63) is 35.5 Å². The van der Waals surface area contributed by atoms with E-state index >= 15 is 0 Å². The molecule has 1 heteroatoms. The van der Waals surface area contributed by atoms with Gasteiger partial charge < -0.3 is 4.90 Å². The van der Waals surface area contributed by atoms with Gasteiger partial charge in [0.25, 0.3) is 0 Å². The predicted molar refractivity (Wildman–Crippen MR) is 58.8 cm³/mol. The summed E-state index contributed by atoms with van der Waals surface area (Å²) in [4.78, 5) is 2.34. The minimum absolute atomic E-state index is 1.09. The minimum Gasteiger partial charge on any atom is -0.302 e. The molecule has 0 radical (unpaired) electrons. The molecule has 0 aromatic rings. The Morgan fingerprint density at radius 2 is 2.23 bits per heavy atom. The lowest BCUT2D eigenvalue weighted by molar-refractivity contribution is 0.361. The molecule has 1 aliphatic rings. The summed E-state index contributed by atoms with van der Waals surface area (Å²) in [6, 6.07) is 0. The van der Waals surface area contributed by atoms with Gasteiger partial charge in [0.2, 0.25) is 0 Å². The van der Waals surface area contributed by atoms with Crippen LogP contribution in [-0.4, -0.2) is 25.0 Å². The van der Waals surface area contributed by atoms with Gasteiger partial charge in [-0.3, -0.25) is 0 Å². The average Bonchev–Trinajstić information content (AvgIpc) is 2.16. The summed E-state index contributed by atoms with van der Waals surface area (Å²) >= 11 is 0. The van der Waals surface area contributed by atoms with Crippen LogP contribution in [0.4, 0.5) is 0 Å². The second-order valence-corrected chi connectivity index (χ2v) is 3.49. The van der Waals surface area contributed by atoms with Gasteiger partial charge in [0.1, 0.15) is 0 Å². The fraction of sp³-hybridized carbons (Fsp3) is 0.500. The molecule has 1 nitrogen and oxygen atoms in total. The minimum atomic E-state index is 1.09. The second-order valence-electron chi connectivity index (χ2n) is 3.49. The standard InChI is InChI=1S/C12H19N/c1-4-6-11(5-2)12-7-9-13(3)10-8-12/h4-7H,8-10H2,1-3H3/b6-4-,11-5+. The maximum atomic E-state index is 2.34. The molecule has 72 valence electrons. The Morgan fingerprint density at radius 1 is 1.46 bits per heavy atom. The van der Waals surface area contributed by atoms with Gasteiger partial charge in [0, 0.05) is 13.1 Å². The Hall–Kier alpha value is -0.820. The number of hydrogen-bond acceptors (Lipinski definition) is 1. The Bertz CT molecular complexity index is 246. The molecule has 1 rings (SSSR count). The number of allylic oxidation sites excluding steroid dienone is 4. The third kappa shape index (κ3) is 2.85. The van der Waals surface area contributed by atoms with Gasteiger partial charge >= 0.3 is 0 Å². The highest BCUT2D eigenvalue weighted by Gasteiger charge is 2.08. The number of rotatable bonds is 2. The van der Waals surface area contributed by atoms with E-state index in [-0.39, 0.29) is 0 Å². The number of likely N-dealkylation sites (N-methyl/N-ethyl adjacent to an activating group) is 1. The van der Waals surface area contributed by atoms with Crippen molar-refractivity contribution in [2.24, 2.45) is 0 Å². The topological polar surface area (TPSA) is 3.24 Å². The van der Waals surface area contributed by atoms with Crippen molar-refractivity contribution >= 4 is 0 Å². The smallest absolute Gasteiger partial charge is 0.0166 e. The van der Waals surface area contributed by atoms with Crippen LogP contribution in [0.5, 0.6) is 0 Å². The van der Waals surface area contributed by atoms with Crippen LogP contribution in [-0.2, 0) is 0 Å². The first-order chi connectivity index (χ1) is 6.27.